The molecule has 1 aromatic heterocycles. The molecular weight excluding hydrogens is 276 g/mol. The fraction of sp³-hybridized carbons (Fsp3) is 0.353. The molecule has 22 heavy (non-hydrogen) atoms. The third kappa shape index (κ3) is 3.42. The van der Waals surface area contributed by atoms with Crippen molar-refractivity contribution in [2.24, 2.45) is 0 Å². The van der Waals surface area contributed by atoms with Gasteiger partial charge in [0.2, 0.25) is 5.95 Å². The van der Waals surface area contributed by atoms with Crippen molar-refractivity contribution in [1.29, 1.82) is 0 Å². The van der Waals surface area contributed by atoms with Crippen LogP contribution in [0.2, 0.25) is 0 Å². The second kappa shape index (κ2) is 7.54. The lowest BCUT2D eigenvalue weighted by Gasteiger charge is -2.22. The van der Waals surface area contributed by atoms with Crippen LogP contribution in [0.15, 0.2) is 42.6 Å². The molecule has 0 aliphatic heterocycles. The van der Waals surface area contributed by atoms with Crippen LogP contribution in [0.25, 0.3) is 0 Å². The molecule has 0 saturated carbocycles. The van der Waals surface area contributed by atoms with Gasteiger partial charge in [0.25, 0.3) is 5.91 Å². The molecule has 0 unspecified atom stereocenters. The van der Waals surface area contributed by atoms with Crippen molar-refractivity contribution in [3.8, 4) is 0 Å². The third-order valence-electron chi connectivity index (χ3n) is 3.54. The first kappa shape index (κ1) is 15.9. The summed E-state index contributed by atoms with van der Waals surface area (Å²) in [4.78, 5) is 25.2. The molecule has 1 heterocycles. The van der Waals surface area contributed by atoms with Crippen LogP contribution >= 0.6 is 0 Å². The Morgan fingerprint density at radius 1 is 1.00 bits per heavy atom. The van der Waals surface area contributed by atoms with Gasteiger partial charge in [0.1, 0.15) is 5.69 Å². The standard InChI is InChI=1S/C17H22N4O/c1-4-20(5-2)17-18-13-12-15(19-17)16(22)21(6-3)14-10-8-7-9-11-14/h7-13H,4-6H2,1-3H3. The molecule has 2 rings (SSSR count). The lowest BCUT2D eigenvalue weighted by atomic mass is 10.2. The summed E-state index contributed by atoms with van der Waals surface area (Å²) in [5, 5.41) is 0. The average Bonchev–Trinajstić information content (AvgIpc) is 2.58. The van der Waals surface area contributed by atoms with Gasteiger partial charge in [-0.25, -0.2) is 9.97 Å². The van der Waals surface area contributed by atoms with Crippen molar-refractivity contribution in [1.82, 2.24) is 9.97 Å². The summed E-state index contributed by atoms with van der Waals surface area (Å²) in [5.41, 5.74) is 1.29. The second-order valence-electron chi connectivity index (χ2n) is 4.80. The molecule has 0 saturated heterocycles. The zero-order valence-electron chi connectivity index (χ0n) is 13.4. The highest BCUT2D eigenvalue weighted by Gasteiger charge is 2.18. The van der Waals surface area contributed by atoms with Gasteiger partial charge in [-0.05, 0) is 39.0 Å². The van der Waals surface area contributed by atoms with Gasteiger partial charge in [0.15, 0.2) is 0 Å². The van der Waals surface area contributed by atoms with E-state index in [9.17, 15) is 4.79 Å². The maximum atomic E-state index is 12.7. The van der Waals surface area contributed by atoms with Crippen molar-refractivity contribution in [3.63, 3.8) is 0 Å². The van der Waals surface area contributed by atoms with E-state index in [1.807, 2.05) is 56.0 Å². The quantitative estimate of drug-likeness (QED) is 0.822. The van der Waals surface area contributed by atoms with Crippen molar-refractivity contribution in [2.45, 2.75) is 20.8 Å². The zero-order valence-corrected chi connectivity index (χ0v) is 13.4. The minimum absolute atomic E-state index is 0.107. The predicted molar refractivity (Wildman–Crippen MR) is 89.4 cm³/mol. The van der Waals surface area contributed by atoms with E-state index in [-0.39, 0.29) is 5.91 Å². The summed E-state index contributed by atoms with van der Waals surface area (Å²) in [6, 6.07) is 11.3. The Kier molecular flexibility index (Phi) is 5.47. The monoisotopic (exact) mass is 298 g/mol. The summed E-state index contributed by atoms with van der Waals surface area (Å²) >= 11 is 0. The molecule has 0 aliphatic rings. The molecular formula is C17H22N4O. The van der Waals surface area contributed by atoms with Gasteiger partial charge in [-0.2, -0.15) is 0 Å². The second-order valence-corrected chi connectivity index (χ2v) is 4.80. The number of hydrogen-bond acceptors (Lipinski definition) is 4. The highest BCUT2D eigenvalue weighted by molar-refractivity contribution is 6.04. The van der Waals surface area contributed by atoms with Crippen LogP contribution < -0.4 is 9.80 Å². The SMILES string of the molecule is CCN(CC)c1nccc(C(=O)N(CC)c2ccccc2)n1. The number of hydrogen-bond donors (Lipinski definition) is 0. The Hall–Kier alpha value is -2.43. The van der Waals surface area contributed by atoms with E-state index in [1.54, 1.807) is 17.2 Å². The van der Waals surface area contributed by atoms with E-state index in [2.05, 4.69) is 9.97 Å². The first-order valence-corrected chi connectivity index (χ1v) is 7.66. The Balaban J connectivity index is 2.30. The normalized spacial score (nSPS) is 10.3. The third-order valence-corrected chi connectivity index (χ3v) is 3.54. The molecule has 0 spiro atoms. The molecule has 0 bridgehead atoms. The van der Waals surface area contributed by atoms with Gasteiger partial charge >= 0.3 is 0 Å². The number of para-hydroxylation sites is 1. The molecule has 5 heteroatoms. The van der Waals surface area contributed by atoms with Crippen LogP contribution in [0.5, 0.6) is 0 Å². The van der Waals surface area contributed by atoms with E-state index < -0.39 is 0 Å². The van der Waals surface area contributed by atoms with Gasteiger partial charge in [-0.3, -0.25) is 4.79 Å². The van der Waals surface area contributed by atoms with Gasteiger partial charge in [0, 0.05) is 31.5 Å². The van der Waals surface area contributed by atoms with Crippen LogP contribution in [0, 0.1) is 0 Å². The Bertz CT molecular complexity index is 611. The van der Waals surface area contributed by atoms with Gasteiger partial charge in [0.05, 0.1) is 0 Å². The highest BCUT2D eigenvalue weighted by Crippen LogP contribution is 2.16. The molecule has 0 atom stereocenters. The molecule has 0 radical (unpaired) electrons. The first-order valence-electron chi connectivity index (χ1n) is 7.66. The summed E-state index contributed by atoms with van der Waals surface area (Å²) in [6.45, 7) is 8.26. The summed E-state index contributed by atoms with van der Waals surface area (Å²) in [5.74, 6) is 0.490. The summed E-state index contributed by atoms with van der Waals surface area (Å²) in [7, 11) is 0. The van der Waals surface area contributed by atoms with E-state index in [0.717, 1.165) is 18.8 Å². The maximum absolute atomic E-state index is 12.7. The van der Waals surface area contributed by atoms with E-state index >= 15 is 0 Å². The minimum Gasteiger partial charge on any atom is -0.341 e. The number of carbonyl (C=O) groups excluding carboxylic acids is 1. The van der Waals surface area contributed by atoms with Gasteiger partial charge in [-0.1, -0.05) is 18.2 Å². The molecule has 1 amide bonds. The number of benzene rings is 1. The van der Waals surface area contributed by atoms with E-state index in [0.29, 0.717) is 18.2 Å². The average molecular weight is 298 g/mol. The molecule has 5 nitrogen and oxygen atoms in total. The molecule has 0 aliphatic carbocycles. The smallest absolute Gasteiger partial charge is 0.277 e. The van der Waals surface area contributed by atoms with Gasteiger partial charge < -0.3 is 9.80 Å². The first-order chi connectivity index (χ1) is 10.7. The van der Waals surface area contributed by atoms with Crippen molar-refractivity contribution in [3.05, 3.63) is 48.3 Å². The van der Waals surface area contributed by atoms with Crippen LogP contribution in [-0.4, -0.2) is 35.5 Å². The molecule has 0 fully saturated rings. The number of anilines is 2. The number of rotatable bonds is 6. The lowest BCUT2D eigenvalue weighted by Crippen LogP contribution is -2.32. The number of aromatic nitrogens is 2. The topological polar surface area (TPSA) is 49.3 Å². The summed E-state index contributed by atoms with van der Waals surface area (Å²) < 4.78 is 0. The zero-order chi connectivity index (χ0) is 15.9. The van der Waals surface area contributed by atoms with Crippen molar-refractivity contribution >= 4 is 17.5 Å². The number of nitrogens with zero attached hydrogens (tertiary/aromatic N) is 4. The van der Waals surface area contributed by atoms with Crippen molar-refractivity contribution in [2.75, 3.05) is 29.4 Å². The molecule has 0 N–H and O–H groups in total. The predicted octanol–water partition coefficient (Wildman–Crippen LogP) is 2.99. The fourth-order valence-corrected chi connectivity index (χ4v) is 2.32. The Labute approximate surface area is 131 Å². The largest absolute Gasteiger partial charge is 0.341 e. The summed E-state index contributed by atoms with van der Waals surface area (Å²) in [6.07, 6.45) is 1.65. The van der Waals surface area contributed by atoms with E-state index in [1.165, 1.54) is 0 Å². The molecule has 2 aromatic rings. The van der Waals surface area contributed by atoms with Crippen LogP contribution in [0.4, 0.5) is 11.6 Å². The Morgan fingerprint density at radius 3 is 2.27 bits per heavy atom. The highest BCUT2D eigenvalue weighted by atomic mass is 16.2. The number of amides is 1. The Morgan fingerprint density at radius 2 is 1.68 bits per heavy atom. The molecule has 116 valence electrons. The van der Waals surface area contributed by atoms with Crippen LogP contribution in [0.3, 0.4) is 0 Å². The van der Waals surface area contributed by atoms with Crippen LogP contribution in [-0.2, 0) is 0 Å². The lowest BCUT2D eigenvalue weighted by molar-refractivity contribution is 0.0983. The maximum Gasteiger partial charge on any atom is 0.277 e. The minimum atomic E-state index is -0.107. The molecule has 1 aromatic carbocycles. The van der Waals surface area contributed by atoms with Crippen LogP contribution in [0.1, 0.15) is 31.3 Å². The van der Waals surface area contributed by atoms with Crippen molar-refractivity contribution < 1.29 is 4.79 Å². The number of carbonyl (C=O) groups is 1. The van der Waals surface area contributed by atoms with Gasteiger partial charge in [-0.15, -0.1) is 0 Å². The van der Waals surface area contributed by atoms with E-state index in [4.69, 9.17) is 0 Å². The fourth-order valence-electron chi connectivity index (χ4n) is 2.32.